The van der Waals surface area contributed by atoms with E-state index < -0.39 is 11.7 Å². The number of amides is 1. The van der Waals surface area contributed by atoms with Gasteiger partial charge >= 0.3 is 0 Å². The Bertz CT molecular complexity index is 424. The number of halogens is 2. The van der Waals surface area contributed by atoms with Crippen LogP contribution in [0.25, 0.3) is 0 Å². The molecule has 0 aromatic heterocycles. The lowest BCUT2D eigenvalue weighted by atomic mass is 9.93. The molecule has 2 rings (SSSR count). The molecule has 0 spiro atoms. The molecule has 2 N–H and O–H groups in total. The Morgan fingerprint density at radius 1 is 1.33 bits per heavy atom. The van der Waals surface area contributed by atoms with Crippen LogP contribution in [0.5, 0.6) is 0 Å². The van der Waals surface area contributed by atoms with E-state index in [4.69, 9.17) is 11.6 Å². The first kappa shape index (κ1) is 13.3. The predicted molar refractivity (Wildman–Crippen MR) is 67.1 cm³/mol. The van der Waals surface area contributed by atoms with E-state index in [1.165, 1.54) is 18.2 Å². The summed E-state index contributed by atoms with van der Waals surface area (Å²) in [7, 11) is 0. The van der Waals surface area contributed by atoms with Gasteiger partial charge in [-0.1, -0.05) is 17.7 Å². The van der Waals surface area contributed by atoms with Gasteiger partial charge in [0.25, 0.3) is 5.91 Å². The van der Waals surface area contributed by atoms with Crippen LogP contribution in [0, 0.1) is 5.82 Å². The maximum atomic E-state index is 13.5. The van der Waals surface area contributed by atoms with Gasteiger partial charge in [0.05, 0.1) is 16.7 Å². The lowest BCUT2D eigenvalue weighted by Gasteiger charge is -2.26. The molecular weight excluding hydrogens is 257 g/mol. The quantitative estimate of drug-likeness (QED) is 0.868. The van der Waals surface area contributed by atoms with Crippen molar-refractivity contribution in [2.75, 3.05) is 0 Å². The Hall–Kier alpha value is -1.13. The zero-order valence-electron chi connectivity index (χ0n) is 9.83. The van der Waals surface area contributed by atoms with Crippen LogP contribution in [0.15, 0.2) is 18.2 Å². The van der Waals surface area contributed by atoms with E-state index in [9.17, 15) is 14.3 Å². The molecule has 18 heavy (non-hydrogen) atoms. The number of aliphatic hydroxyl groups is 1. The van der Waals surface area contributed by atoms with Crippen molar-refractivity contribution in [1.82, 2.24) is 5.32 Å². The highest BCUT2D eigenvalue weighted by Gasteiger charge is 2.23. The maximum absolute atomic E-state index is 13.5. The van der Waals surface area contributed by atoms with Gasteiger partial charge in [-0.05, 0) is 37.8 Å². The van der Waals surface area contributed by atoms with E-state index in [2.05, 4.69) is 5.32 Å². The third-order valence-electron chi connectivity index (χ3n) is 3.22. The normalized spacial score (nSPS) is 23.7. The van der Waals surface area contributed by atoms with Crippen molar-refractivity contribution in [1.29, 1.82) is 0 Å². The highest BCUT2D eigenvalue weighted by molar-refractivity contribution is 6.33. The van der Waals surface area contributed by atoms with Crippen LogP contribution in [-0.2, 0) is 0 Å². The third-order valence-corrected chi connectivity index (χ3v) is 3.54. The molecule has 1 amide bonds. The maximum Gasteiger partial charge on any atom is 0.255 e. The summed E-state index contributed by atoms with van der Waals surface area (Å²) in [5.41, 5.74) is -0.106. The Morgan fingerprint density at radius 3 is 2.61 bits per heavy atom. The molecule has 98 valence electrons. The van der Waals surface area contributed by atoms with Gasteiger partial charge in [-0.3, -0.25) is 4.79 Å². The van der Waals surface area contributed by atoms with Gasteiger partial charge in [0, 0.05) is 6.04 Å². The van der Waals surface area contributed by atoms with Crippen LogP contribution < -0.4 is 5.32 Å². The number of hydrogen-bond acceptors (Lipinski definition) is 2. The minimum Gasteiger partial charge on any atom is -0.393 e. The van der Waals surface area contributed by atoms with Gasteiger partial charge in [0.2, 0.25) is 0 Å². The summed E-state index contributed by atoms with van der Waals surface area (Å²) in [6.07, 6.45) is 2.46. The van der Waals surface area contributed by atoms with Crippen molar-refractivity contribution < 1.29 is 14.3 Å². The van der Waals surface area contributed by atoms with Crippen LogP contribution in [0.2, 0.25) is 5.02 Å². The molecule has 1 aromatic carbocycles. The number of rotatable bonds is 2. The van der Waals surface area contributed by atoms with Crippen molar-refractivity contribution in [3.05, 3.63) is 34.6 Å². The number of hydrogen-bond donors (Lipinski definition) is 2. The van der Waals surface area contributed by atoms with E-state index in [0.717, 1.165) is 0 Å². The Balaban J connectivity index is 2.04. The standard InChI is InChI=1S/C13H15ClFNO2/c14-10-2-1-3-11(15)12(10)13(18)16-8-4-6-9(17)7-5-8/h1-3,8-9,17H,4-7H2,(H,16,18). The number of aliphatic hydroxyl groups excluding tert-OH is 1. The van der Waals surface area contributed by atoms with Crippen LogP contribution in [0.3, 0.4) is 0 Å². The average Bonchev–Trinajstić information content (AvgIpc) is 2.32. The fourth-order valence-electron chi connectivity index (χ4n) is 2.19. The molecule has 0 atom stereocenters. The van der Waals surface area contributed by atoms with Crippen molar-refractivity contribution in [3.63, 3.8) is 0 Å². The highest BCUT2D eigenvalue weighted by atomic mass is 35.5. The van der Waals surface area contributed by atoms with Crippen LogP contribution in [-0.4, -0.2) is 23.2 Å². The van der Waals surface area contributed by atoms with Gasteiger partial charge in [0.15, 0.2) is 0 Å². The summed E-state index contributed by atoms with van der Waals surface area (Å²) in [5.74, 6) is -1.10. The average molecular weight is 272 g/mol. The molecule has 0 saturated heterocycles. The first-order chi connectivity index (χ1) is 8.58. The Kier molecular flexibility index (Phi) is 4.19. The van der Waals surface area contributed by atoms with E-state index in [1.54, 1.807) is 0 Å². The molecule has 0 radical (unpaired) electrons. The van der Waals surface area contributed by atoms with Crippen LogP contribution in [0.4, 0.5) is 4.39 Å². The monoisotopic (exact) mass is 271 g/mol. The lowest BCUT2D eigenvalue weighted by Crippen LogP contribution is -2.39. The molecule has 1 aromatic rings. The Morgan fingerprint density at radius 2 is 2.00 bits per heavy atom. The first-order valence-electron chi connectivity index (χ1n) is 6.01. The minimum atomic E-state index is -0.615. The summed E-state index contributed by atoms with van der Waals surface area (Å²) in [6, 6.07) is 4.15. The van der Waals surface area contributed by atoms with Gasteiger partial charge in [0.1, 0.15) is 5.82 Å². The summed E-state index contributed by atoms with van der Waals surface area (Å²) < 4.78 is 13.5. The number of carbonyl (C=O) groups excluding carboxylic acids is 1. The van der Waals surface area contributed by atoms with E-state index >= 15 is 0 Å². The summed E-state index contributed by atoms with van der Waals surface area (Å²) in [4.78, 5) is 11.9. The molecule has 3 nitrogen and oxygen atoms in total. The molecule has 0 bridgehead atoms. The molecule has 5 heteroatoms. The first-order valence-corrected chi connectivity index (χ1v) is 6.38. The molecule has 1 aliphatic carbocycles. The second-order valence-corrected chi connectivity index (χ2v) is 4.98. The molecule has 0 unspecified atom stereocenters. The highest BCUT2D eigenvalue weighted by Crippen LogP contribution is 2.22. The molecular formula is C13H15ClFNO2. The van der Waals surface area contributed by atoms with E-state index in [1.807, 2.05) is 0 Å². The smallest absolute Gasteiger partial charge is 0.255 e. The van der Waals surface area contributed by atoms with E-state index in [-0.39, 0.29) is 22.7 Å². The topological polar surface area (TPSA) is 49.3 Å². The zero-order chi connectivity index (χ0) is 13.1. The summed E-state index contributed by atoms with van der Waals surface area (Å²) in [6.45, 7) is 0. The second kappa shape index (κ2) is 5.67. The second-order valence-electron chi connectivity index (χ2n) is 4.58. The minimum absolute atomic E-state index is 0.0171. The van der Waals surface area contributed by atoms with Gasteiger partial charge in [-0.2, -0.15) is 0 Å². The van der Waals surface area contributed by atoms with Crippen LogP contribution in [0.1, 0.15) is 36.0 Å². The number of benzene rings is 1. The van der Waals surface area contributed by atoms with Gasteiger partial charge < -0.3 is 10.4 Å². The fraction of sp³-hybridized carbons (Fsp3) is 0.462. The fourth-order valence-corrected chi connectivity index (χ4v) is 2.44. The summed E-state index contributed by atoms with van der Waals surface area (Å²) >= 11 is 5.82. The van der Waals surface area contributed by atoms with E-state index in [0.29, 0.717) is 25.7 Å². The van der Waals surface area contributed by atoms with Crippen LogP contribution >= 0.6 is 11.6 Å². The summed E-state index contributed by atoms with van der Waals surface area (Å²) in [5, 5.41) is 12.2. The van der Waals surface area contributed by atoms with Gasteiger partial charge in [-0.25, -0.2) is 4.39 Å². The number of carbonyl (C=O) groups is 1. The third kappa shape index (κ3) is 3.00. The number of nitrogens with one attached hydrogen (secondary N) is 1. The van der Waals surface area contributed by atoms with Crippen molar-refractivity contribution >= 4 is 17.5 Å². The lowest BCUT2D eigenvalue weighted by molar-refractivity contribution is 0.0864. The van der Waals surface area contributed by atoms with Gasteiger partial charge in [-0.15, -0.1) is 0 Å². The van der Waals surface area contributed by atoms with Crippen molar-refractivity contribution in [2.24, 2.45) is 0 Å². The van der Waals surface area contributed by atoms with Crippen molar-refractivity contribution in [3.8, 4) is 0 Å². The molecule has 0 heterocycles. The largest absolute Gasteiger partial charge is 0.393 e. The SMILES string of the molecule is O=C(NC1CCC(O)CC1)c1c(F)cccc1Cl. The molecule has 1 fully saturated rings. The Labute approximate surface area is 110 Å². The zero-order valence-corrected chi connectivity index (χ0v) is 10.6. The van der Waals surface area contributed by atoms with Crippen molar-refractivity contribution in [2.45, 2.75) is 37.8 Å². The molecule has 1 aliphatic rings. The predicted octanol–water partition coefficient (Wildman–Crippen LogP) is 2.51. The molecule has 0 aliphatic heterocycles. The molecule has 1 saturated carbocycles.